The van der Waals surface area contributed by atoms with Crippen LogP contribution in [-0.4, -0.2) is 8.42 Å². The van der Waals surface area contributed by atoms with Gasteiger partial charge in [-0.1, -0.05) is 24.3 Å². The van der Waals surface area contributed by atoms with Crippen LogP contribution in [0.5, 0.6) is 0 Å². The lowest BCUT2D eigenvalue weighted by Crippen LogP contribution is -2.13. The smallest absolute Gasteiger partial charge is 0.261 e. The van der Waals surface area contributed by atoms with Crippen molar-refractivity contribution in [3.63, 3.8) is 0 Å². The largest absolute Gasteiger partial charge is 0.280 e. The Labute approximate surface area is 105 Å². The summed E-state index contributed by atoms with van der Waals surface area (Å²) in [5.74, 6) is -0.536. The number of nitrogens with one attached hydrogen (secondary N) is 1. The monoisotopic (exact) mass is 265 g/mol. The predicted molar refractivity (Wildman–Crippen MR) is 68.4 cm³/mol. The highest BCUT2D eigenvalue weighted by atomic mass is 32.2. The molecular formula is C13H12FNO2S. The Morgan fingerprint density at radius 2 is 1.72 bits per heavy atom. The number of hydrogen-bond donors (Lipinski definition) is 1. The molecule has 0 fully saturated rings. The van der Waals surface area contributed by atoms with Crippen LogP contribution in [0.4, 0.5) is 10.1 Å². The molecule has 18 heavy (non-hydrogen) atoms. The number of rotatable bonds is 3. The Kier molecular flexibility index (Phi) is 3.34. The maximum Gasteiger partial charge on any atom is 0.261 e. The van der Waals surface area contributed by atoms with E-state index in [0.717, 1.165) is 6.07 Å². The van der Waals surface area contributed by atoms with Gasteiger partial charge in [0, 0.05) is 5.69 Å². The van der Waals surface area contributed by atoms with Crippen LogP contribution in [0.1, 0.15) is 5.56 Å². The van der Waals surface area contributed by atoms with Gasteiger partial charge >= 0.3 is 0 Å². The average Bonchev–Trinajstić information content (AvgIpc) is 2.33. The van der Waals surface area contributed by atoms with E-state index in [2.05, 4.69) is 4.72 Å². The molecular weight excluding hydrogens is 253 g/mol. The summed E-state index contributed by atoms with van der Waals surface area (Å²) in [6, 6.07) is 12.3. The third kappa shape index (κ3) is 2.68. The fourth-order valence-electron chi connectivity index (χ4n) is 1.46. The zero-order chi connectivity index (χ0) is 13.2. The van der Waals surface area contributed by atoms with E-state index in [1.807, 2.05) is 0 Å². The summed E-state index contributed by atoms with van der Waals surface area (Å²) in [5, 5.41) is 0. The van der Waals surface area contributed by atoms with Gasteiger partial charge in [-0.05, 0) is 36.8 Å². The second-order valence-electron chi connectivity index (χ2n) is 3.88. The van der Waals surface area contributed by atoms with E-state index in [0.29, 0.717) is 11.3 Å². The van der Waals surface area contributed by atoms with E-state index >= 15 is 0 Å². The molecule has 0 aliphatic carbocycles. The maximum atomic E-state index is 13.4. The van der Waals surface area contributed by atoms with Crippen molar-refractivity contribution < 1.29 is 12.8 Å². The summed E-state index contributed by atoms with van der Waals surface area (Å²) in [6.07, 6.45) is 0. The zero-order valence-electron chi connectivity index (χ0n) is 9.72. The van der Waals surface area contributed by atoms with E-state index in [4.69, 9.17) is 0 Å². The van der Waals surface area contributed by atoms with Gasteiger partial charge in [-0.15, -0.1) is 0 Å². The lowest BCUT2D eigenvalue weighted by molar-refractivity contribution is 0.593. The molecule has 5 heteroatoms. The molecule has 0 bridgehead atoms. The first-order valence-corrected chi connectivity index (χ1v) is 6.81. The Morgan fingerprint density at radius 1 is 1.06 bits per heavy atom. The molecule has 0 spiro atoms. The van der Waals surface area contributed by atoms with E-state index in [1.54, 1.807) is 37.3 Å². The first-order valence-electron chi connectivity index (χ1n) is 5.33. The first-order chi connectivity index (χ1) is 8.49. The van der Waals surface area contributed by atoms with Gasteiger partial charge in [0.1, 0.15) is 5.82 Å². The molecule has 3 nitrogen and oxygen atoms in total. The van der Waals surface area contributed by atoms with Gasteiger partial charge in [0.2, 0.25) is 0 Å². The van der Waals surface area contributed by atoms with Gasteiger partial charge in [-0.2, -0.15) is 0 Å². The van der Waals surface area contributed by atoms with Crippen molar-refractivity contribution in [2.75, 3.05) is 4.72 Å². The minimum Gasteiger partial charge on any atom is -0.280 e. The van der Waals surface area contributed by atoms with Gasteiger partial charge < -0.3 is 0 Å². The predicted octanol–water partition coefficient (Wildman–Crippen LogP) is 2.93. The highest BCUT2D eigenvalue weighted by Gasteiger charge is 2.15. The highest BCUT2D eigenvalue weighted by Crippen LogP contribution is 2.18. The fourth-order valence-corrected chi connectivity index (χ4v) is 2.53. The third-order valence-corrected chi connectivity index (χ3v) is 3.86. The fraction of sp³-hybridized carbons (Fsp3) is 0.0769. The summed E-state index contributed by atoms with van der Waals surface area (Å²) < 4.78 is 39.7. The summed E-state index contributed by atoms with van der Waals surface area (Å²) in [6.45, 7) is 1.58. The molecule has 0 amide bonds. The van der Waals surface area contributed by atoms with Crippen molar-refractivity contribution >= 4 is 15.7 Å². The molecule has 2 aromatic rings. The summed E-state index contributed by atoms with van der Waals surface area (Å²) in [4.78, 5) is -0.0885. The van der Waals surface area contributed by atoms with Crippen LogP contribution in [0.2, 0.25) is 0 Å². The lowest BCUT2D eigenvalue weighted by atomic mass is 10.2. The topological polar surface area (TPSA) is 46.2 Å². The van der Waals surface area contributed by atoms with Gasteiger partial charge in [0.25, 0.3) is 10.0 Å². The van der Waals surface area contributed by atoms with Crippen LogP contribution >= 0.6 is 0 Å². The van der Waals surface area contributed by atoms with Crippen molar-refractivity contribution in [2.24, 2.45) is 0 Å². The van der Waals surface area contributed by atoms with E-state index in [1.165, 1.54) is 12.1 Å². The minimum atomic E-state index is -3.74. The molecule has 0 aliphatic rings. The van der Waals surface area contributed by atoms with Crippen molar-refractivity contribution in [2.45, 2.75) is 11.8 Å². The Morgan fingerprint density at radius 3 is 2.33 bits per heavy atom. The van der Waals surface area contributed by atoms with Crippen molar-refractivity contribution in [3.05, 3.63) is 59.9 Å². The van der Waals surface area contributed by atoms with Crippen LogP contribution in [0.15, 0.2) is 53.4 Å². The standard InChI is InChI=1S/C13H12FNO2S/c1-10-7-8-12(9-13(10)14)18(16,17)15-11-5-3-2-4-6-11/h2-9,15H,1H3. The molecule has 0 aromatic heterocycles. The molecule has 0 unspecified atom stereocenters. The van der Waals surface area contributed by atoms with Crippen LogP contribution in [0.25, 0.3) is 0 Å². The number of benzene rings is 2. The van der Waals surface area contributed by atoms with Gasteiger partial charge in [-0.25, -0.2) is 12.8 Å². The van der Waals surface area contributed by atoms with Crippen molar-refractivity contribution in [1.29, 1.82) is 0 Å². The normalized spacial score (nSPS) is 11.2. The van der Waals surface area contributed by atoms with Crippen molar-refractivity contribution in [3.8, 4) is 0 Å². The van der Waals surface area contributed by atoms with E-state index in [-0.39, 0.29) is 4.90 Å². The molecule has 0 atom stereocenters. The number of para-hydroxylation sites is 1. The van der Waals surface area contributed by atoms with Crippen LogP contribution < -0.4 is 4.72 Å². The van der Waals surface area contributed by atoms with Crippen molar-refractivity contribution in [1.82, 2.24) is 0 Å². The molecule has 0 saturated heterocycles. The minimum absolute atomic E-state index is 0.0885. The molecule has 94 valence electrons. The molecule has 2 aromatic carbocycles. The number of aryl methyl sites for hydroxylation is 1. The highest BCUT2D eigenvalue weighted by molar-refractivity contribution is 7.92. The molecule has 0 saturated carbocycles. The molecule has 0 aliphatic heterocycles. The van der Waals surface area contributed by atoms with Gasteiger partial charge in [0.15, 0.2) is 0 Å². The maximum absolute atomic E-state index is 13.4. The first kappa shape index (κ1) is 12.6. The molecule has 1 N–H and O–H groups in total. The number of sulfonamides is 1. The summed E-state index contributed by atoms with van der Waals surface area (Å²) >= 11 is 0. The number of halogens is 1. The van der Waals surface area contributed by atoms with Gasteiger partial charge in [-0.3, -0.25) is 4.72 Å². The molecule has 2 rings (SSSR count). The van der Waals surface area contributed by atoms with E-state index in [9.17, 15) is 12.8 Å². The average molecular weight is 265 g/mol. The molecule has 0 radical (unpaired) electrons. The SMILES string of the molecule is Cc1ccc(S(=O)(=O)Nc2ccccc2)cc1F. The quantitative estimate of drug-likeness (QED) is 0.927. The lowest BCUT2D eigenvalue weighted by Gasteiger charge is -2.08. The molecule has 0 heterocycles. The van der Waals surface area contributed by atoms with Crippen LogP contribution in [-0.2, 0) is 10.0 Å². The Hall–Kier alpha value is -1.88. The van der Waals surface area contributed by atoms with E-state index < -0.39 is 15.8 Å². The van der Waals surface area contributed by atoms with Gasteiger partial charge in [0.05, 0.1) is 4.90 Å². The Balaban J connectivity index is 2.34. The van der Waals surface area contributed by atoms with Crippen LogP contribution in [0, 0.1) is 12.7 Å². The zero-order valence-corrected chi connectivity index (χ0v) is 10.5. The summed E-state index contributed by atoms with van der Waals surface area (Å²) in [7, 11) is -3.74. The number of hydrogen-bond acceptors (Lipinski definition) is 2. The Bertz CT molecular complexity index is 654. The number of anilines is 1. The second-order valence-corrected chi connectivity index (χ2v) is 5.56. The second kappa shape index (κ2) is 4.78. The third-order valence-electron chi connectivity index (χ3n) is 2.48. The van der Waals surface area contributed by atoms with Crippen LogP contribution in [0.3, 0.4) is 0 Å². The summed E-state index contributed by atoms with van der Waals surface area (Å²) in [5.41, 5.74) is 0.854.